The Labute approximate surface area is 88.2 Å². The van der Waals surface area contributed by atoms with Gasteiger partial charge in [0.2, 0.25) is 0 Å². The Morgan fingerprint density at radius 3 is 2.93 bits per heavy atom. The molecular weight excluding hydrogens is 218 g/mol. The van der Waals surface area contributed by atoms with Crippen LogP contribution in [0, 0.1) is 0 Å². The van der Waals surface area contributed by atoms with Crippen molar-refractivity contribution in [3.63, 3.8) is 0 Å². The molecular formula is C9H9NO2S2. The van der Waals surface area contributed by atoms with Crippen LogP contribution in [0.2, 0.25) is 0 Å². The van der Waals surface area contributed by atoms with E-state index in [1.165, 1.54) is 11.3 Å². The first-order valence-electron chi connectivity index (χ1n) is 3.98. The number of benzene rings is 1. The summed E-state index contributed by atoms with van der Waals surface area (Å²) in [4.78, 5) is 4.25. The summed E-state index contributed by atoms with van der Waals surface area (Å²) in [5.74, 6) is 0.801. The van der Waals surface area contributed by atoms with E-state index in [0.29, 0.717) is 4.34 Å². The van der Waals surface area contributed by atoms with Crippen LogP contribution < -0.4 is 4.74 Å². The Bertz CT molecular complexity index is 493. The number of nitrogens with zero attached hydrogens (tertiary/aromatic N) is 1. The zero-order valence-corrected chi connectivity index (χ0v) is 9.45. The van der Waals surface area contributed by atoms with Gasteiger partial charge in [-0.15, -0.1) is 11.3 Å². The predicted molar refractivity (Wildman–Crippen MR) is 58.5 cm³/mol. The van der Waals surface area contributed by atoms with Crippen LogP contribution >= 0.6 is 11.3 Å². The normalized spacial score (nSPS) is 13.0. The maximum absolute atomic E-state index is 11.2. The summed E-state index contributed by atoms with van der Waals surface area (Å²) in [5.41, 5.74) is 0.876. The number of rotatable bonds is 2. The first kappa shape index (κ1) is 9.61. The third-order valence-corrected chi connectivity index (χ3v) is 4.17. The summed E-state index contributed by atoms with van der Waals surface area (Å²) in [6.45, 7) is 0. The molecule has 2 rings (SSSR count). The summed E-state index contributed by atoms with van der Waals surface area (Å²) in [5, 5.41) is 0. The quantitative estimate of drug-likeness (QED) is 0.788. The maximum atomic E-state index is 11.2. The number of methoxy groups -OCH3 is 1. The number of aromatic nitrogens is 1. The lowest BCUT2D eigenvalue weighted by Crippen LogP contribution is -1.83. The van der Waals surface area contributed by atoms with Crippen LogP contribution in [0.5, 0.6) is 5.75 Å². The molecule has 0 saturated carbocycles. The van der Waals surface area contributed by atoms with Gasteiger partial charge in [0.25, 0.3) is 0 Å². The molecule has 0 radical (unpaired) electrons. The standard InChI is InChI=1S/C9H9NO2S2/c1-12-6-3-4-7-8(5-6)13-9(10-7)14(2)11/h3-5H,1-2H3. The van der Waals surface area contributed by atoms with Gasteiger partial charge in [-0.3, -0.25) is 4.21 Å². The average Bonchev–Trinajstić information content (AvgIpc) is 2.59. The minimum Gasteiger partial charge on any atom is -0.497 e. The third-order valence-electron chi connectivity index (χ3n) is 1.82. The largest absolute Gasteiger partial charge is 0.497 e. The Kier molecular flexibility index (Phi) is 2.52. The van der Waals surface area contributed by atoms with Crippen LogP contribution in [-0.2, 0) is 10.8 Å². The van der Waals surface area contributed by atoms with Gasteiger partial charge in [0, 0.05) is 6.26 Å². The number of hydrogen-bond acceptors (Lipinski definition) is 4. The van der Waals surface area contributed by atoms with Gasteiger partial charge in [-0.1, -0.05) is 0 Å². The molecule has 74 valence electrons. The molecule has 5 heteroatoms. The van der Waals surface area contributed by atoms with E-state index in [-0.39, 0.29) is 0 Å². The zero-order valence-electron chi connectivity index (χ0n) is 7.81. The van der Waals surface area contributed by atoms with Crippen molar-refractivity contribution in [3.8, 4) is 5.75 Å². The molecule has 1 heterocycles. The molecule has 1 aromatic carbocycles. The van der Waals surface area contributed by atoms with Gasteiger partial charge in [-0.2, -0.15) is 0 Å². The fourth-order valence-electron chi connectivity index (χ4n) is 1.13. The molecule has 0 aliphatic carbocycles. The molecule has 2 aromatic rings. The minimum atomic E-state index is -1.00. The van der Waals surface area contributed by atoms with Crippen molar-refractivity contribution >= 4 is 32.4 Å². The number of hydrogen-bond donors (Lipinski definition) is 0. The van der Waals surface area contributed by atoms with Crippen molar-refractivity contribution < 1.29 is 8.95 Å². The van der Waals surface area contributed by atoms with Gasteiger partial charge in [0.1, 0.15) is 5.75 Å². The Morgan fingerprint density at radius 2 is 2.29 bits per heavy atom. The van der Waals surface area contributed by atoms with Crippen LogP contribution in [0.4, 0.5) is 0 Å². The summed E-state index contributed by atoms with van der Waals surface area (Å²) in [7, 11) is 0.623. The highest BCUT2D eigenvalue weighted by atomic mass is 32.2. The van der Waals surface area contributed by atoms with Crippen molar-refractivity contribution in [2.24, 2.45) is 0 Å². The van der Waals surface area contributed by atoms with Gasteiger partial charge >= 0.3 is 0 Å². The minimum absolute atomic E-state index is 0.660. The lowest BCUT2D eigenvalue weighted by atomic mass is 10.3. The van der Waals surface area contributed by atoms with E-state index >= 15 is 0 Å². The van der Waals surface area contributed by atoms with Crippen molar-refractivity contribution in [2.75, 3.05) is 13.4 Å². The molecule has 0 aliphatic heterocycles. The van der Waals surface area contributed by atoms with Gasteiger partial charge < -0.3 is 4.74 Å². The lowest BCUT2D eigenvalue weighted by Gasteiger charge is -1.96. The fourth-order valence-corrected chi connectivity index (χ4v) is 2.82. The van der Waals surface area contributed by atoms with Crippen molar-refractivity contribution in [2.45, 2.75) is 4.34 Å². The molecule has 0 spiro atoms. The van der Waals surface area contributed by atoms with E-state index in [1.54, 1.807) is 13.4 Å². The molecule has 1 unspecified atom stereocenters. The van der Waals surface area contributed by atoms with Crippen LogP contribution in [0.15, 0.2) is 22.5 Å². The molecule has 14 heavy (non-hydrogen) atoms. The van der Waals surface area contributed by atoms with Crippen LogP contribution in [0.3, 0.4) is 0 Å². The SMILES string of the molecule is COc1ccc2nc(S(C)=O)sc2c1. The molecule has 0 saturated heterocycles. The smallest absolute Gasteiger partial charge is 0.181 e. The summed E-state index contributed by atoms with van der Waals surface area (Å²) < 4.78 is 18.0. The Hall–Kier alpha value is -0.940. The van der Waals surface area contributed by atoms with E-state index in [0.717, 1.165) is 16.0 Å². The zero-order chi connectivity index (χ0) is 10.1. The van der Waals surface area contributed by atoms with Crippen LogP contribution in [-0.4, -0.2) is 22.6 Å². The highest BCUT2D eigenvalue weighted by Gasteiger charge is 2.07. The first-order valence-corrected chi connectivity index (χ1v) is 6.36. The monoisotopic (exact) mass is 227 g/mol. The number of fused-ring (bicyclic) bond motifs is 1. The molecule has 0 N–H and O–H groups in total. The molecule has 1 atom stereocenters. The summed E-state index contributed by atoms with van der Waals surface area (Å²) in [6.07, 6.45) is 1.63. The van der Waals surface area contributed by atoms with Gasteiger partial charge in [0.05, 0.1) is 28.1 Å². The molecule has 1 aromatic heterocycles. The third kappa shape index (κ3) is 1.65. The van der Waals surface area contributed by atoms with Crippen molar-refractivity contribution in [1.29, 1.82) is 0 Å². The topological polar surface area (TPSA) is 39.2 Å². The first-order chi connectivity index (χ1) is 6.70. The second kappa shape index (κ2) is 3.67. The van der Waals surface area contributed by atoms with Crippen LogP contribution in [0.25, 0.3) is 10.2 Å². The molecule has 0 fully saturated rings. The van der Waals surface area contributed by atoms with E-state index in [2.05, 4.69) is 4.98 Å². The second-order valence-electron chi connectivity index (χ2n) is 2.77. The Balaban J connectivity index is 2.60. The fraction of sp³-hybridized carbons (Fsp3) is 0.222. The van der Waals surface area contributed by atoms with Crippen LogP contribution in [0.1, 0.15) is 0 Å². The van der Waals surface area contributed by atoms with E-state index < -0.39 is 10.8 Å². The Morgan fingerprint density at radius 1 is 1.50 bits per heavy atom. The van der Waals surface area contributed by atoms with E-state index in [1.807, 2.05) is 18.2 Å². The van der Waals surface area contributed by atoms with E-state index in [4.69, 9.17) is 4.74 Å². The number of thiazole rings is 1. The summed E-state index contributed by atoms with van der Waals surface area (Å²) in [6, 6.07) is 5.63. The predicted octanol–water partition coefficient (Wildman–Crippen LogP) is 2.04. The van der Waals surface area contributed by atoms with Gasteiger partial charge in [0.15, 0.2) is 4.34 Å². The highest BCUT2D eigenvalue weighted by Crippen LogP contribution is 2.27. The average molecular weight is 227 g/mol. The molecule has 0 amide bonds. The highest BCUT2D eigenvalue weighted by molar-refractivity contribution is 7.86. The van der Waals surface area contributed by atoms with Gasteiger partial charge in [-0.25, -0.2) is 4.98 Å². The second-order valence-corrected chi connectivity index (χ2v) is 5.35. The van der Waals surface area contributed by atoms with Crippen molar-refractivity contribution in [3.05, 3.63) is 18.2 Å². The van der Waals surface area contributed by atoms with E-state index in [9.17, 15) is 4.21 Å². The molecule has 3 nitrogen and oxygen atoms in total. The maximum Gasteiger partial charge on any atom is 0.181 e. The van der Waals surface area contributed by atoms with Gasteiger partial charge in [-0.05, 0) is 18.2 Å². The number of ether oxygens (including phenoxy) is 1. The van der Waals surface area contributed by atoms with Crippen molar-refractivity contribution in [1.82, 2.24) is 4.98 Å². The molecule has 0 aliphatic rings. The summed E-state index contributed by atoms with van der Waals surface area (Å²) >= 11 is 1.44. The molecule has 0 bridgehead atoms. The lowest BCUT2D eigenvalue weighted by molar-refractivity contribution is 0.415.